The van der Waals surface area contributed by atoms with E-state index in [9.17, 15) is 13.2 Å². The maximum Gasteiger partial charge on any atom is 0.236 e. The minimum atomic E-state index is -3.44. The van der Waals surface area contributed by atoms with Crippen LogP contribution in [0.5, 0.6) is 0 Å². The van der Waals surface area contributed by atoms with Crippen LogP contribution in [0.15, 0.2) is 0 Å². The molecule has 96 valence electrons. The Balaban J connectivity index is 3.65. The predicted octanol–water partition coefficient (Wildman–Crippen LogP) is -0.701. The number of nitrogens with one attached hydrogen (secondary N) is 1. The molecule has 0 aliphatic heterocycles. The second-order valence-electron chi connectivity index (χ2n) is 3.76. The van der Waals surface area contributed by atoms with Crippen LogP contribution in [0.3, 0.4) is 0 Å². The summed E-state index contributed by atoms with van der Waals surface area (Å²) in [6.07, 6.45) is 2.86. The second-order valence-corrected chi connectivity index (χ2v) is 5.49. The van der Waals surface area contributed by atoms with Crippen molar-refractivity contribution in [3.63, 3.8) is 0 Å². The molecule has 0 aromatic carbocycles. The summed E-state index contributed by atoms with van der Waals surface area (Å²) in [4.78, 5) is 11.4. The predicted molar refractivity (Wildman–Crippen MR) is 63.1 cm³/mol. The molecule has 0 fully saturated rings. The highest BCUT2D eigenvalue weighted by Crippen LogP contribution is 1.97. The quantitative estimate of drug-likeness (QED) is 0.495. The Morgan fingerprint density at radius 1 is 1.38 bits per heavy atom. The van der Waals surface area contributed by atoms with Gasteiger partial charge in [0.25, 0.3) is 0 Å². The fourth-order valence-corrected chi connectivity index (χ4v) is 1.72. The third-order valence-corrected chi connectivity index (χ3v) is 2.97. The molecule has 0 aromatic rings. The van der Waals surface area contributed by atoms with Gasteiger partial charge in [-0.2, -0.15) is 0 Å². The molecule has 0 radical (unpaired) electrons. The maximum absolute atomic E-state index is 11.4. The molecule has 0 aliphatic rings. The van der Waals surface area contributed by atoms with Crippen molar-refractivity contribution in [3.05, 3.63) is 0 Å². The van der Waals surface area contributed by atoms with E-state index in [1.807, 2.05) is 6.92 Å². The Bertz CT molecular complexity index is 303. The van der Waals surface area contributed by atoms with E-state index in [4.69, 9.17) is 10.9 Å². The average Bonchev–Trinajstić information content (AvgIpc) is 2.19. The largest absolute Gasteiger partial charge is 0.355 e. The number of rotatable bonds is 8. The molecule has 1 atom stereocenters. The molecule has 0 heterocycles. The first-order valence-electron chi connectivity index (χ1n) is 5.40. The molecule has 6 nitrogen and oxygen atoms in total. The van der Waals surface area contributed by atoms with Gasteiger partial charge in [0.15, 0.2) is 0 Å². The first-order valence-corrected chi connectivity index (χ1v) is 7.12. The third kappa shape index (κ3) is 8.63. The second kappa shape index (κ2) is 7.59. The van der Waals surface area contributed by atoms with E-state index >= 15 is 0 Å². The zero-order chi connectivity index (χ0) is 12.6. The van der Waals surface area contributed by atoms with Crippen molar-refractivity contribution in [3.8, 4) is 0 Å². The van der Waals surface area contributed by atoms with Crippen molar-refractivity contribution in [2.45, 2.75) is 38.6 Å². The molecule has 16 heavy (non-hydrogen) atoms. The van der Waals surface area contributed by atoms with Crippen LogP contribution >= 0.6 is 0 Å². The number of carbonyl (C=O) groups is 1. The van der Waals surface area contributed by atoms with E-state index in [2.05, 4.69) is 5.32 Å². The normalized spacial score (nSPS) is 13.4. The number of carbonyl (C=O) groups excluding carboxylic acids is 1. The Hall–Kier alpha value is -0.660. The van der Waals surface area contributed by atoms with Gasteiger partial charge in [-0.25, -0.2) is 13.6 Å². The van der Waals surface area contributed by atoms with Gasteiger partial charge < -0.3 is 11.1 Å². The zero-order valence-corrected chi connectivity index (χ0v) is 10.4. The molecule has 0 bridgehead atoms. The summed E-state index contributed by atoms with van der Waals surface area (Å²) in [5, 5.41) is 7.39. The Morgan fingerprint density at radius 3 is 2.50 bits per heavy atom. The molecule has 0 aliphatic carbocycles. The molecule has 0 saturated heterocycles. The van der Waals surface area contributed by atoms with Crippen LogP contribution in [0.2, 0.25) is 0 Å². The standard InChI is InChI=1S/C9H21N3O3S/c1-2-3-5-8(10)9(13)12-6-4-7-16(11,14)15/h8H,2-7,10H2,1H3,(H,12,13)(H2,11,14,15). The van der Waals surface area contributed by atoms with Gasteiger partial charge in [-0.15, -0.1) is 0 Å². The first-order chi connectivity index (χ1) is 7.37. The van der Waals surface area contributed by atoms with Crippen LogP contribution in [0.25, 0.3) is 0 Å². The van der Waals surface area contributed by atoms with E-state index < -0.39 is 16.1 Å². The van der Waals surface area contributed by atoms with Crippen molar-refractivity contribution in [1.29, 1.82) is 0 Å². The van der Waals surface area contributed by atoms with Crippen molar-refractivity contribution in [1.82, 2.24) is 5.32 Å². The minimum absolute atomic E-state index is 0.128. The van der Waals surface area contributed by atoms with E-state index in [1.54, 1.807) is 0 Å². The van der Waals surface area contributed by atoms with E-state index in [0.29, 0.717) is 12.8 Å². The summed E-state index contributed by atoms with van der Waals surface area (Å²) in [6.45, 7) is 2.31. The van der Waals surface area contributed by atoms with Crippen LogP contribution in [-0.4, -0.2) is 32.7 Å². The van der Waals surface area contributed by atoms with Crippen LogP contribution < -0.4 is 16.2 Å². The van der Waals surface area contributed by atoms with E-state index in [-0.39, 0.29) is 18.2 Å². The van der Waals surface area contributed by atoms with Gasteiger partial charge >= 0.3 is 0 Å². The maximum atomic E-state index is 11.4. The summed E-state index contributed by atoms with van der Waals surface area (Å²) in [7, 11) is -3.44. The van der Waals surface area contributed by atoms with Gasteiger partial charge in [0.05, 0.1) is 11.8 Å². The highest BCUT2D eigenvalue weighted by atomic mass is 32.2. The van der Waals surface area contributed by atoms with E-state index in [1.165, 1.54) is 0 Å². The van der Waals surface area contributed by atoms with Gasteiger partial charge in [-0.3, -0.25) is 4.79 Å². The highest BCUT2D eigenvalue weighted by molar-refractivity contribution is 7.89. The molecule has 7 heteroatoms. The lowest BCUT2D eigenvalue weighted by Crippen LogP contribution is -2.41. The molecule has 0 saturated carbocycles. The lowest BCUT2D eigenvalue weighted by molar-refractivity contribution is -0.122. The smallest absolute Gasteiger partial charge is 0.236 e. The van der Waals surface area contributed by atoms with Crippen LogP contribution in [-0.2, 0) is 14.8 Å². The highest BCUT2D eigenvalue weighted by Gasteiger charge is 2.12. The van der Waals surface area contributed by atoms with Crippen LogP contribution in [0.1, 0.15) is 32.6 Å². The monoisotopic (exact) mass is 251 g/mol. The zero-order valence-electron chi connectivity index (χ0n) is 9.61. The third-order valence-electron chi connectivity index (χ3n) is 2.11. The molecular weight excluding hydrogens is 230 g/mol. The van der Waals surface area contributed by atoms with Crippen molar-refractivity contribution < 1.29 is 13.2 Å². The average molecular weight is 251 g/mol. The summed E-state index contributed by atoms with van der Waals surface area (Å²) in [5.41, 5.74) is 5.62. The first kappa shape index (κ1) is 15.3. The molecule has 0 rings (SSSR count). The van der Waals surface area contributed by atoms with E-state index in [0.717, 1.165) is 12.8 Å². The van der Waals surface area contributed by atoms with Gasteiger partial charge in [0, 0.05) is 6.54 Å². The van der Waals surface area contributed by atoms with Crippen molar-refractivity contribution >= 4 is 15.9 Å². The number of primary sulfonamides is 1. The number of hydrogen-bond donors (Lipinski definition) is 3. The number of hydrogen-bond acceptors (Lipinski definition) is 4. The summed E-state index contributed by atoms with van der Waals surface area (Å²) in [6, 6.07) is -0.505. The number of sulfonamides is 1. The SMILES string of the molecule is CCCCC(N)C(=O)NCCCS(N)(=O)=O. The lowest BCUT2D eigenvalue weighted by Gasteiger charge is -2.11. The van der Waals surface area contributed by atoms with Gasteiger partial charge in [-0.1, -0.05) is 19.8 Å². The van der Waals surface area contributed by atoms with Crippen LogP contribution in [0.4, 0.5) is 0 Å². The topological polar surface area (TPSA) is 115 Å². The van der Waals surface area contributed by atoms with Gasteiger partial charge in [-0.05, 0) is 12.8 Å². The molecule has 1 amide bonds. The van der Waals surface area contributed by atoms with Crippen LogP contribution in [0, 0.1) is 0 Å². The molecular formula is C9H21N3O3S. The number of unbranched alkanes of at least 4 members (excludes halogenated alkanes) is 1. The Morgan fingerprint density at radius 2 is 2.00 bits per heavy atom. The van der Waals surface area contributed by atoms with Crippen molar-refractivity contribution in [2.24, 2.45) is 10.9 Å². The Labute approximate surface area is 96.8 Å². The minimum Gasteiger partial charge on any atom is -0.355 e. The fraction of sp³-hybridized carbons (Fsp3) is 0.889. The number of nitrogens with two attached hydrogens (primary N) is 2. The van der Waals surface area contributed by atoms with Gasteiger partial charge in [0.2, 0.25) is 15.9 Å². The molecule has 1 unspecified atom stereocenters. The Kier molecular flexibility index (Phi) is 7.27. The molecule has 0 spiro atoms. The van der Waals surface area contributed by atoms with Gasteiger partial charge in [0.1, 0.15) is 0 Å². The molecule has 0 aromatic heterocycles. The summed E-state index contributed by atoms with van der Waals surface area (Å²) in [5.74, 6) is -0.361. The summed E-state index contributed by atoms with van der Waals surface area (Å²) < 4.78 is 21.2. The van der Waals surface area contributed by atoms with Crippen molar-refractivity contribution in [2.75, 3.05) is 12.3 Å². The summed E-state index contributed by atoms with van der Waals surface area (Å²) >= 11 is 0. The fourth-order valence-electron chi connectivity index (χ4n) is 1.17. The lowest BCUT2D eigenvalue weighted by atomic mass is 10.1. The number of amides is 1. The molecule has 5 N–H and O–H groups in total.